The lowest BCUT2D eigenvalue weighted by Gasteiger charge is -2.18. The lowest BCUT2D eigenvalue weighted by Crippen LogP contribution is -2.29. The van der Waals surface area contributed by atoms with E-state index >= 15 is 0 Å². The summed E-state index contributed by atoms with van der Waals surface area (Å²) in [4.78, 5) is 14.6. The van der Waals surface area contributed by atoms with Gasteiger partial charge in [-0.25, -0.2) is 0 Å². The largest absolute Gasteiger partial charge is 0.342 e. The third-order valence-electron chi connectivity index (χ3n) is 5.53. The number of hydrogen-bond donors (Lipinski definition) is 0. The van der Waals surface area contributed by atoms with Gasteiger partial charge in [0.2, 0.25) is 5.91 Å². The standard InChI is InChI=1S/C24H28N4OS/c1-17(2)20-8-4-5-9-21(20)28-23(19-12-10-18(3)11-13-19)25-26-24(28)30-16-22(29)27-14-6-7-15-27/h4-5,8-13,17H,6-7,14-16H2,1-3H3. The van der Waals surface area contributed by atoms with Gasteiger partial charge in [0.05, 0.1) is 11.4 Å². The molecule has 1 amide bonds. The highest BCUT2D eigenvalue weighted by molar-refractivity contribution is 7.99. The van der Waals surface area contributed by atoms with Crippen molar-refractivity contribution in [2.24, 2.45) is 0 Å². The SMILES string of the molecule is Cc1ccc(-c2nnc(SCC(=O)N3CCCC3)n2-c2ccccc2C(C)C)cc1. The molecule has 0 saturated carbocycles. The summed E-state index contributed by atoms with van der Waals surface area (Å²) in [6.45, 7) is 8.21. The van der Waals surface area contributed by atoms with Gasteiger partial charge >= 0.3 is 0 Å². The van der Waals surface area contributed by atoms with Crippen LogP contribution in [0.3, 0.4) is 0 Å². The fourth-order valence-corrected chi connectivity index (χ4v) is 4.68. The molecule has 0 bridgehead atoms. The van der Waals surface area contributed by atoms with Crippen molar-refractivity contribution in [1.82, 2.24) is 19.7 Å². The van der Waals surface area contributed by atoms with E-state index in [4.69, 9.17) is 0 Å². The minimum absolute atomic E-state index is 0.182. The van der Waals surface area contributed by atoms with Crippen LogP contribution < -0.4 is 0 Å². The molecule has 0 spiro atoms. The van der Waals surface area contributed by atoms with Gasteiger partial charge in [-0.05, 0) is 37.3 Å². The van der Waals surface area contributed by atoms with Crippen LogP contribution in [0.25, 0.3) is 17.1 Å². The maximum absolute atomic E-state index is 12.6. The van der Waals surface area contributed by atoms with E-state index in [-0.39, 0.29) is 5.91 Å². The van der Waals surface area contributed by atoms with E-state index in [1.54, 1.807) is 0 Å². The second-order valence-electron chi connectivity index (χ2n) is 8.10. The molecule has 0 atom stereocenters. The van der Waals surface area contributed by atoms with Crippen LogP contribution in [0.15, 0.2) is 53.7 Å². The number of likely N-dealkylation sites (tertiary alicyclic amines) is 1. The van der Waals surface area contributed by atoms with Crippen molar-refractivity contribution in [2.75, 3.05) is 18.8 Å². The van der Waals surface area contributed by atoms with Crippen molar-refractivity contribution >= 4 is 17.7 Å². The third-order valence-corrected chi connectivity index (χ3v) is 6.44. The monoisotopic (exact) mass is 420 g/mol. The zero-order valence-corrected chi connectivity index (χ0v) is 18.7. The summed E-state index contributed by atoms with van der Waals surface area (Å²) in [5.41, 5.74) is 4.53. The molecule has 1 saturated heterocycles. The molecule has 156 valence electrons. The Labute approximate surface area is 182 Å². The van der Waals surface area contributed by atoms with E-state index in [1.807, 2.05) is 11.0 Å². The Morgan fingerprint density at radius 3 is 2.43 bits per heavy atom. The molecule has 6 heteroatoms. The number of nitrogens with zero attached hydrogens (tertiary/aromatic N) is 4. The van der Waals surface area contributed by atoms with E-state index in [0.717, 1.165) is 48.2 Å². The molecule has 2 aromatic carbocycles. The molecule has 2 heterocycles. The summed E-state index contributed by atoms with van der Waals surface area (Å²) in [5.74, 6) is 1.73. The van der Waals surface area contributed by atoms with Crippen LogP contribution in [0.4, 0.5) is 0 Å². The molecule has 0 aliphatic carbocycles. The molecule has 0 N–H and O–H groups in total. The normalized spacial score (nSPS) is 13.9. The Morgan fingerprint density at radius 1 is 1.03 bits per heavy atom. The number of rotatable bonds is 6. The molecule has 0 unspecified atom stereocenters. The van der Waals surface area contributed by atoms with Crippen molar-refractivity contribution < 1.29 is 4.79 Å². The number of carbonyl (C=O) groups is 1. The number of aromatic nitrogens is 3. The number of hydrogen-bond acceptors (Lipinski definition) is 4. The fraction of sp³-hybridized carbons (Fsp3) is 0.375. The predicted octanol–water partition coefficient (Wildman–Crippen LogP) is 5.08. The molecule has 5 nitrogen and oxygen atoms in total. The summed E-state index contributed by atoms with van der Waals surface area (Å²) in [7, 11) is 0. The first-order valence-corrected chi connectivity index (χ1v) is 11.6. The van der Waals surface area contributed by atoms with Crippen molar-refractivity contribution in [3.63, 3.8) is 0 Å². The van der Waals surface area contributed by atoms with Gasteiger partial charge < -0.3 is 4.90 Å². The average Bonchev–Trinajstić information content (AvgIpc) is 3.43. The number of thioether (sulfide) groups is 1. The smallest absolute Gasteiger partial charge is 0.233 e. The zero-order chi connectivity index (χ0) is 21.1. The minimum atomic E-state index is 0.182. The van der Waals surface area contributed by atoms with E-state index < -0.39 is 0 Å². The van der Waals surface area contributed by atoms with Crippen LogP contribution in [-0.2, 0) is 4.79 Å². The van der Waals surface area contributed by atoms with Crippen LogP contribution in [0.1, 0.15) is 43.7 Å². The average molecular weight is 421 g/mol. The number of benzene rings is 2. The minimum Gasteiger partial charge on any atom is -0.342 e. The summed E-state index contributed by atoms with van der Waals surface area (Å²) in [6, 6.07) is 16.7. The van der Waals surface area contributed by atoms with Gasteiger partial charge in [-0.2, -0.15) is 0 Å². The Morgan fingerprint density at radius 2 is 1.73 bits per heavy atom. The van der Waals surface area contributed by atoms with Crippen molar-refractivity contribution in [3.8, 4) is 17.1 Å². The number of amides is 1. The Balaban J connectivity index is 1.73. The molecular formula is C24H28N4OS. The van der Waals surface area contributed by atoms with Crippen LogP contribution in [0, 0.1) is 6.92 Å². The molecule has 4 rings (SSSR count). The highest BCUT2D eigenvalue weighted by Gasteiger charge is 2.22. The number of para-hydroxylation sites is 1. The fourth-order valence-electron chi connectivity index (χ4n) is 3.83. The van der Waals surface area contributed by atoms with E-state index in [9.17, 15) is 4.79 Å². The lowest BCUT2D eigenvalue weighted by molar-refractivity contribution is -0.127. The van der Waals surface area contributed by atoms with Gasteiger partial charge in [-0.1, -0.05) is 73.6 Å². The summed E-state index contributed by atoms with van der Waals surface area (Å²) in [6.07, 6.45) is 2.21. The molecule has 30 heavy (non-hydrogen) atoms. The zero-order valence-electron chi connectivity index (χ0n) is 17.8. The molecule has 3 aromatic rings. The third kappa shape index (κ3) is 4.29. The second kappa shape index (κ2) is 9.04. The van der Waals surface area contributed by atoms with E-state index in [1.165, 1.54) is 22.9 Å². The van der Waals surface area contributed by atoms with Gasteiger partial charge in [0.1, 0.15) is 0 Å². The summed E-state index contributed by atoms with van der Waals surface area (Å²) in [5, 5.41) is 9.79. The Kier molecular flexibility index (Phi) is 6.23. The van der Waals surface area contributed by atoms with E-state index in [2.05, 4.69) is 78.0 Å². The summed E-state index contributed by atoms with van der Waals surface area (Å²) < 4.78 is 2.11. The van der Waals surface area contributed by atoms with E-state index in [0.29, 0.717) is 11.7 Å². The van der Waals surface area contributed by atoms with Gasteiger partial charge in [0, 0.05) is 18.7 Å². The van der Waals surface area contributed by atoms with Gasteiger partial charge in [0.15, 0.2) is 11.0 Å². The lowest BCUT2D eigenvalue weighted by atomic mass is 10.0. The molecular weight excluding hydrogens is 392 g/mol. The maximum Gasteiger partial charge on any atom is 0.233 e. The molecule has 1 aliphatic heterocycles. The van der Waals surface area contributed by atoms with Crippen LogP contribution in [0.5, 0.6) is 0 Å². The first-order valence-electron chi connectivity index (χ1n) is 10.6. The quantitative estimate of drug-likeness (QED) is 0.522. The first-order chi connectivity index (χ1) is 14.5. The van der Waals surface area contributed by atoms with Crippen LogP contribution >= 0.6 is 11.8 Å². The Bertz CT molecular complexity index is 1020. The Hall–Kier alpha value is -2.60. The number of carbonyl (C=O) groups excluding carboxylic acids is 1. The second-order valence-corrected chi connectivity index (χ2v) is 9.04. The first kappa shape index (κ1) is 20.7. The molecule has 0 radical (unpaired) electrons. The van der Waals surface area contributed by atoms with Crippen LogP contribution in [0.2, 0.25) is 0 Å². The van der Waals surface area contributed by atoms with Crippen molar-refractivity contribution in [1.29, 1.82) is 0 Å². The van der Waals surface area contributed by atoms with Gasteiger partial charge in [-0.15, -0.1) is 10.2 Å². The van der Waals surface area contributed by atoms with Gasteiger partial charge in [0.25, 0.3) is 0 Å². The number of aryl methyl sites for hydroxylation is 1. The maximum atomic E-state index is 12.6. The highest BCUT2D eigenvalue weighted by atomic mass is 32.2. The molecule has 1 aromatic heterocycles. The van der Waals surface area contributed by atoms with Crippen molar-refractivity contribution in [2.45, 2.75) is 44.7 Å². The molecule has 1 aliphatic rings. The van der Waals surface area contributed by atoms with Crippen LogP contribution in [-0.4, -0.2) is 44.4 Å². The van der Waals surface area contributed by atoms with Crippen molar-refractivity contribution in [3.05, 3.63) is 59.7 Å². The highest BCUT2D eigenvalue weighted by Crippen LogP contribution is 2.32. The molecule has 1 fully saturated rings. The van der Waals surface area contributed by atoms with Gasteiger partial charge in [-0.3, -0.25) is 9.36 Å². The topological polar surface area (TPSA) is 51.0 Å². The summed E-state index contributed by atoms with van der Waals surface area (Å²) >= 11 is 1.47. The predicted molar refractivity (Wildman–Crippen MR) is 122 cm³/mol.